The molecule has 1 N–H and O–H groups in total. The van der Waals surface area contributed by atoms with E-state index in [1.165, 1.54) is 17.6 Å². The molecule has 4 nitrogen and oxygen atoms in total. The molecule has 1 aromatic carbocycles. The van der Waals surface area contributed by atoms with Crippen molar-refractivity contribution in [3.8, 4) is 0 Å². The Balaban J connectivity index is 1.77. The van der Waals surface area contributed by atoms with Crippen LogP contribution in [-0.4, -0.2) is 23.9 Å². The molecule has 4 rings (SSSR count). The quantitative estimate of drug-likeness (QED) is 0.453. The zero-order valence-corrected chi connectivity index (χ0v) is 18.8. The van der Waals surface area contributed by atoms with Crippen LogP contribution in [0.25, 0.3) is 0 Å². The molecule has 0 unspecified atom stereocenters. The summed E-state index contributed by atoms with van der Waals surface area (Å²) in [5.74, 6) is -0.133. The molecule has 3 heterocycles. The average molecular weight is 463 g/mol. The van der Waals surface area contributed by atoms with Gasteiger partial charge in [-0.3, -0.25) is 9.69 Å². The molecule has 1 aliphatic rings. The highest BCUT2D eigenvalue weighted by Gasteiger charge is 2.33. The van der Waals surface area contributed by atoms with Gasteiger partial charge in [0.2, 0.25) is 0 Å². The van der Waals surface area contributed by atoms with Crippen molar-refractivity contribution in [3.63, 3.8) is 0 Å². The molecular weight excluding hydrogens is 437 g/mol. The minimum absolute atomic E-state index is 0.212. The van der Waals surface area contributed by atoms with Crippen molar-refractivity contribution in [1.29, 1.82) is 0 Å². The summed E-state index contributed by atoms with van der Waals surface area (Å²) in [7, 11) is 0. The van der Waals surface area contributed by atoms with Gasteiger partial charge in [-0.05, 0) is 75.2 Å². The zero-order valence-electron chi connectivity index (χ0n) is 18.0. The van der Waals surface area contributed by atoms with E-state index in [0.29, 0.717) is 5.00 Å². The fraction of sp³-hybridized carbons (Fsp3) is 0.375. The van der Waals surface area contributed by atoms with Gasteiger partial charge in [0.1, 0.15) is 5.00 Å². The number of likely N-dealkylation sites (tertiary alicyclic amines) is 1. The second-order valence-electron chi connectivity index (χ2n) is 8.08. The molecule has 32 heavy (non-hydrogen) atoms. The molecule has 1 saturated heterocycles. The summed E-state index contributed by atoms with van der Waals surface area (Å²) < 4.78 is 44.7. The second-order valence-corrected chi connectivity index (χ2v) is 9.30. The van der Waals surface area contributed by atoms with Gasteiger partial charge in [0, 0.05) is 10.4 Å². The number of carbonyl (C=O) groups excluding carboxylic acids is 1. The molecule has 0 radical (unpaired) electrons. The smallest absolute Gasteiger partial charge is 0.416 e. The molecule has 0 aliphatic carbocycles. The molecule has 2 aromatic heterocycles. The van der Waals surface area contributed by atoms with E-state index in [-0.39, 0.29) is 17.7 Å². The summed E-state index contributed by atoms with van der Waals surface area (Å²) in [6.07, 6.45) is 0.274. The lowest BCUT2D eigenvalue weighted by atomic mass is 9.92. The zero-order chi connectivity index (χ0) is 22.9. The normalized spacial score (nSPS) is 16.2. The Morgan fingerprint density at radius 2 is 1.78 bits per heavy atom. The highest BCUT2D eigenvalue weighted by Crippen LogP contribution is 2.43. The van der Waals surface area contributed by atoms with Crippen LogP contribution in [0.5, 0.6) is 0 Å². The number of carbonyl (C=O) groups is 1. The van der Waals surface area contributed by atoms with Gasteiger partial charge < -0.3 is 9.73 Å². The second kappa shape index (κ2) is 9.11. The molecule has 1 amide bonds. The number of hydrogen-bond acceptors (Lipinski definition) is 4. The summed E-state index contributed by atoms with van der Waals surface area (Å²) in [6.45, 7) is 5.70. The number of anilines is 1. The number of alkyl halides is 3. The van der Waals surface area contributed by atoms with E-state index in [1.54, 1.807) is 24.3 Å². The number of benzene rings is 1. The number of halogens is 3. The van der Waals surface area contributed by atoms with Crippen LogP contribution in [0.4, 0.5) is 18.2 Å². The van der Waals surface area contributed by atoms with Gasteiger partial charge in [-0.15, -0.1) is 11.3 Å². The third-order valence-corrected chi connectivity index (χ3v) is 7.13. The Bertz CT molecular complexity index is 1070. The summed E-state index contributed by atoms with van der Waals surface area (Å²) in [6, 6.07) is 8.41. The molecule has 170 valence electrons. The Morgan fingerprint density at radius 1 is 1.09 bits per heavy atom. The van der Waals surface area contributed by atoms with Crippen LogP contribution in [0.1, 0.15) is 63.0 Å². The Hall–Kier alpha value is -2.58. The van der Waals surface area contributed by atoms with E-state index in [1.807, 2.05) is 13.8 Å². The molecule has 3 aromatic rings. The molecular formula is C24H25F3N2O2S. The van der Waals surface area contributed by atoms with Gasteiger partial charge in [0.25, 0.3) is 5.91 Å². The van der Waals surface area contributed by atoms with Crippen molar-refractivity contribution < 1.29 is 22.4 Å². The van der Waals surface area contributed by atoms with Gasteiger partial charge >= 0.3 is 6.18 Å². The fourth-order valence-electron chi connectivity index (χ4n) is 4.23. The van der Waals surface area contributed by atoms with Crippen molar-refractivity contribution in [3.05, 3.63) is 75.6 Å². The van der Waals surface area contributed by atoms with Crippen molar-refractivity contribution in [2.75, 3.05) is 18.4 Å². The Morgan fingerprint density at radius 3 is 2.38 bits per heavy atom. The predicted octanol–water partition coefficient (Wildman–Crippen LogP) is 6.80. The Labute approximate surface area is 189 Å². The Kier molecular flexibility index (Phi) is 6.44. The highest BCUT2D eigenvalue weighted by atomic mass is 32.1. The first-order valence-corrected chi connectivity index (χ1v) is 11.4. The molecule has 0 saturated carbocycles. The first-order valence-electron chi connectivity index (χ1n) is 10.6. The molecule has 1 atom stereocenters. The van der Waals surface area contributed by atoms with Crippen molar-refractivity contribution in [2.45, 2.75) is 45.3 Å². The third kappa shape index (κ3) is 4.61. The highest BCUT2D eigenvalue weighted by molar-refractivity contribution is 7.16. The van der Waals surface area contributed by atoms with Crippen molar-refractivity contribution >= 4 is 22.2 Å². The average Bonchev–Trinajstić information content (AvgIpc) is 3.39. The lowest BCUT2D eigenvalue weighted by Crippen LogP contribution is -2.35. The minimum atomic E-state index is -4.38. The summed E-state index contributed by atoms with van der Waals surface area (Å²) in [5, 5.41) is 3.68. The minimum Gasteiger partial charge on any atom is -0.459 e. The van der Waals surface area contributed by atoms with E-state index in [2.05, 4.69) is 10.2 Å². The summed E-state index contributed by atoms with van der Waals surface area (Å²) in [5.41, 5.74) is 2.10. The number of amides is 1. The van der Waals surface area contributed by atoms with Gasteiger partial charge in [-0.2, -0.15) is 13.2 Å². The topological polar surface area (TPSA) is 45.5 Å². The van der Waals surface area contributed by atoms with Gasteiger partial charge in [0.05, 0.1) is 17.9 Å². The van der Waals surface area contributed by atoms with Gasteiger partial charge in [0.15, 0.2) is 5.76 Å². The van der Waals surface area contributed by atoms with Crippen LogP contribution in [0.15, 0.2) is 47.1 Å². The number of hydrogen-bond donors (Lipinski definition) is 1. The third-order valence-electron chi connectivity index (χ3n) is 5.99. The molecule has 0 spiro atoms. The van der Waals surface area contributed by atoms with Crippen LogP contribution in [-0.2, 0) is 6.18 Å². The van der Waals surface area contributed by atoms with Crippen LogP contribution in [0.3, 0.4) is 0 Å². The maximum atomic E-state index is 13.1. The van der Waals surface area contributed by atoms with Crippen LogP contribution < -0.4 is 5.32 Å². The predicted molar refractivity (Wildman–Crippen MR) is 119 cm³/mol. The van der Waals surface area contributed by atoms with E-state index in [9.17, 15) is 18.0 Å². The van der Waals surface area contributed by atoms with Gasteiger partial charge in [-0.25, -0.2) is 0 Å². The molecule has 1 fully saturated rings. The number of nitrogens with zero attached hydrogens (tertiary/aromatic N) is 1. The molecule has 8 heteroatoms. The number of thiophene rings is 1. The van der Waals surface area contributed by atoms with E-state index in [0.717, 1.165) is 66.1 Å². The largest absolute Gasteiger partial charge is 0.459 e. The number of furan rings is 1. The first-order chi connectivity index (χ1) is 15.3. The van der Waals surface area contributed by atoms with Gasteiger partial charge in [-0.1, -0.05) is 18.6 Å². The van der Waals surface area contributed by atoms with E-state index in [4.69, 9.17) is 4.42 Å². The maximum Gasteiger partial charge on any atom is 0.416 e. The lowest BCUT2D eigenvalue weighted by Gasteiger charge is -2.36. The van der Waals surface area contributed by atoms with Crippen LogP contribution >= 0.6 is 11.3 Å². The number of aryl methyl sites for hydroxylation is 1. The van der Waals surface area contributed by atoms with Crippen molar-refractivity contribution in [2.24, 2.45) is 0 Å². The van der Waals surface area contributed by atoms with Crippen LogP contribution in [0, 0.1) is 13.8 Å². The lowest BCUT2D eigenvalue weighted by molar-refractivity contribution is -0.137. The van der Waals surface area contributed by atoms with E-state index >= 15 is 0 Å². The van der Waals surface area contributed by atoms with E-state index < -0.39 is 11.7 Å². The summed E-state index contributed by atoms with van der Waals surface area (Å²) >= 11 is 1.48. The fourth-order valence-corrected chi connectivity index (χ4v) is 5.32. The monoisotopic (exact) mass is 462 g/mol. The SMILES string of the molecule is Cc1sc(NC(=O)c2ccco2)c([C@H](c2ccc(C(F)(F)F)cc2)N2CCCCC2)c1C. The number of piperidine rings is 1. The summed E-state index contributed by atoms with van der Waals surface area (Å²) in [4.78, 5) is 16.1. The standard InChI is InChI=1S/C24H25F3N2O2S/c1-15-16(2)32-23(28-22(30)19-7-6-14-31-19)20(15)21(29-12-4-3-5-13-29)17-8-10-18(11-9-17)24(25,26)27/h6-11,14,21H,3-5,12-13H2,1-2H3,(H,28,30)/t21-/m0/s1. The molecule has 0 bridgehead atoms. The maximum absolute atomic E-state index is 13.1. The van der Waals surface area contributed by atoms with Crippen molar-refractivity contribution in [1.82, 2.24) is 4.90 Å². The number of nitrogens with one attached hydrogen (secondary N) is 1. The first kappa shape index (κ1) is 22.6. The van der Waals surface area contributed by atoms with Crippen LogP contribution in [0.2, 0.25) is 0 Å². The molecule has 1 aliphatic heterocycles. The number of rotatable bonds is 5.